The van der Waals surface area contributed by atoms with Crippen molar-refractivity contribution in [2.75, 3.05) is 0 Å². The summed E-state index contributed by atoms with van der Waals surface area (Å²) >= 11 is 11.0. The van der Waals surface area contributed by atoms with E-state index >= 15 is 0 Å². The number of halogens is 1. The van der Waals surface area contributed by atoms with Crippen molar-refractivity contribution < 1.29 is 5.11 Å². The van der Waals surface area contributed by atoms with E-state index in [-0.39, 0.29) is 5.75 Å². The molecule has 1 N–H and O–H groups in total. The van der Waals surface area contributed by atoms with Crippen molar-refractivity contribution in [1.82, 2.24) is 4.57 Å². The van der Waals surface area contributed by atoms with Gasteiger partial charge in [0.05, 0.1) is 10.2 Å². The molecule has 1 heterocycles. The Bertz CT molecular complexity index is 883. The zero-order chi connectivity index (χ0) is 16.4. The van der Waals surface area contributed by atoms with Gasteiger partial charge >= 0.3 is 0 Å². The van der Waals surface area contributed by atoms with Crippen LogP contribution in [0.1, 0.15) is 11.3 Å². The van der Waals surface area contributed by atoms with Gasteiger partial charge in [0, 0.05) is 17.8 Å². The third kappa shape index (κ3) is 3.46. The summed E-state index contributed by atoms with van der Waals surface area (Å²) in [6, 6.07) is 17.9. The van der Waals surface area contributed by atoms with E-state index in [1.54, 1.807) is 6.07 Å². The normalized spacial score (nSPS) is 10.7. The molecule has 0 spiro atoms. The standard InChI is InChI=1S/C19H16ClNOS/c1-13-19(22)18(23)10-11-21(13)12-14-2-4-15(5-3-14)16-6-8-17(20)9-7-16/h2-11,22H,12H2,1H3. The summed E-state index contributed by atoms with van der Waals surface area (Å²) in [6.07, 6.45) is 1.91. The molecule has 23 heavy (non-hydrogen) atoms. The van der Waals surface area contributed by atoms with Crippen LogP contribution in [-0.2, 0) is 6.54 Å². The third-order valence-electron chi connectivity index (χ3n) is 3.90. The van der Waals surface area contributed by atoms with Crippen molar-refractivity contribution in [3.8, 4) is 16.9 Å². The molecule has 0 saturated heterocycles. The minimum Gasteiger partial charge on any atom is -0.505 e. The van der Waals surface area contributed by atoms with Gasteiger partial charge < -0.3 is 9.67 Å². The number of benzene rings is 2. The summed E-state index contributed by atoms with van der Waals surface area (Å²) in [6.45, 7) is 2.56. The minimum atomic E-state index is 0.181. The van der Waals surface area contributed by atoms with E-state index in [2.05, 4.69) is 24.3 Å². The predicted molar refractivity (Wildman–Crippen MR) is 97.7 cm³/mol. The van der Waals surface area contributed by atoms with E-state index in [9.17, 15) is 5.11 Å². The average molecular weight is 342 g/mol. The van der Waals surface area contributed by atoms with Crippen LogP contribution >= 0.6 is 23.8 Å². The van der Waals surface area contributed by atoms with Gasteiger partial charge in [-0.25, -0.2) is 0 Å². The first kappa shape index (κ1) is 15.8. The van der Waals surface area contributed by atoms with E-state index in [0.29, 0.717) is 11.1 Å². The molecule has 0 saturated carbocycles. The molecular weight excluding hydrogens is 326 g/mol. The highest BCUT2D eigenvalue weighted by atomic mass is 35.5. The van der Waals surface area contributed by atoms with Gasteiger partial charge in [0.1, 0.15) is 0 Å². The number of hydrogen-bond acceptors (Lipinski definition) is 2. The highest BCUT2D eigenvalue weighted by Crippen LogP contribution is 2.23. The fourth-order valence-corrected chi connectivity index (χ4v) is 2.81. The van der Waals surface area contributed by atoms with E-state index < -0.39 is 0 Å². The lowest BCUT2D eigenvalue weighted by atomic mass is 10.0. The average Bonchev–Trinajstić information content (AvgIpc) is 2.57. The monoisotopic (exact) mass is 341 g/mol. The second-order valence-electron chi connectivity index (χ2n) is 5.45. The Morgan fingerprint density at radius 1 is 0.957 bits per heavy atom. The first-order valence-electron chi connectivity index (χ1n) is 7.28. The van der Waals surface area contributed by atoms with Crippen molar-refractivity contribution in [2.24, 2.45) is 0 Å². The lowest BCUT2D eigenvalue weighted by molar-refractivity contribution is 0.458. The molecule has 3 rings (SSSR count). The van der Waals surface area contributed by atoms with Crippen molar-refractivity contribution >= 4 is 23.8 Å². The molecule has 0 unspecified atom stereocenters. The molecule has 0 fully saturated rings. The van der Waals surface area contributed by atoms with Crippen LogP contribution in [0.5, 0.6) is 5.75 Å². The Balaban J connectivity index is 1.84. The topological polar surface area (TPSA) is 25.2 Å². The fraction of sp³-hybridized carbons (Fsp3) is 0.105. The summed E-state index contributed by atoms with van der Waals surface area (Å²) in [7, 11) is 0. The lowest BCUT2D eigenvalue weighted by Crippen LogP contribution is -2.04. The number of nitrogens with zero attached hydrogens (tertiary/aromatic N) is 1. The molecule has 2 nitrogen and oxygen atoms in total. The number of aromatic hydroxyl groups is 1. The lowest BCUT2D eigenvalue weighted by Gasteiger charge is -2.12. The molecule has 0 bridgehead atoms. The number of pyridine rings is 1. The molecule has 2 aromatic carbocycles. The molecular formula is C19H16ClNOS. The molecule has 3 aromatic rings. The molecule has 0 aliphatic heterocycles. The summed E-state index contributed by atoms with van der Waals surface area (Å²) in [5.41, 5.74) is 4.22. The zero-order valence-corrected chi connectivity index (χ0v) is 14.2. The Kier molecular flexibility index (Phi) is 4.51. The van der Waals surface area contributed by atoms with Gasteiger partial charge in [0.25, 0.3) is 0 Å². The molecule has 0 aliphatic carbocycles. The maximum absolute atomic E-state index is 9.94. The highest BCUT2D eigenvalue weighted by molar-refractivity contribution is 7.71. The van der Waals surface area contributed by atoms with Gasteiger partial charge in [0.15, 0.2) is 5.75 Å². The first-order chi connectivity index (χ1) is 11.0. The van der Waals surface area contributed by atoms with Crippen molar-refractivity contribution in [2.45, 2.75) is 13.5 Å². The van der Waals surface area contributed by atoms with Gasteiger partial charge in [-0.1, -0.05) is 60.2 Å². The van der Waals surface area contributed by atoms with E-state index in [0.717, 1.165) is 27.4 Å². The van der Waals surface area contributed by atoms with Crippen LogP contribution in [0.15, 0.2) is 60.8 Å². The second-order valence-corrected chi connectivity index (χ2v) is 6.32. The summed E-state index contributed by atoms with van der Waals surface area (Å²) < 4.78 is 2.47. The third-order valence-corrected chi connectivity index (χ3v) is 4.48. The Labute approximate surface area is 145 Å². The van der Waals surface area contributed by atoms with Crippen LogP contribution in [0.4, 0.5) is 0 Å². The Morgan fingerprint density at radius 2 is 1.52 bits per heavy atom. The quantitative estimate of drug-likeness (QED) is 0.627. The Morgan fingerprint density at radius 3 is 2.13 bits per heavy atom. The smallest absolute Gasteiger partial charge is 0.152 e. The first-order valence-corrected chi connectivity index (χ1v) is 8.07. The maximum atomic E-state index is 9.94. The largest absolute Gasteiger partial charge is 0.505 e. The second kappa shape index (κ2) is 6.57. The van der Waals surface area contributed by atoms with Crippen molar-refractivity contribution in [1.29, 1.82) is 0 Å². The van der Waals surface area contributed by atoms with Crippen LogP contribution in [-0.4, -0.2) is 9.67 Å². The van der Waals surface area contributed by atoms with Crippen LogP contribution in [0, 0.1) is 11.4 Å². The van der Waals surface area contributed by atoms with Gasteiger partial charge in [-0.3, -0.25) is 0 Å². The summed E-state index contributed by atoms with van der Waals surface area (Å²) in [5, 5.41) is 10.7. The molecule has 0 atom stereocenters. The fourth-order valence-electron chi connectivity index (χ4n) is 2.48. The van der Waals surface area contributed by atoms with Gasteiger partial charge in [-0.2, -0.15) is 0 Å². The maximum Gasteiger partial charge on any atom is 0.152 e. The molecule has 0 aliphatic rings. The van der Waals surface area contributed by atoms with E-state index in [1.807, 2.05) is 42.0 Å². The van der Waals surface area contributed by atoms with Crippen molar-refractivity contribution in [3.05, 3.63) is 81.6 Å². The van der Waals surface area contributed by atoms with Crippen LogP contribution in [0.3, 0.4) is 0 Å². The number of aromatic nitrogens is 1. The summed E-state index contributed by atoms with van der Waals surface area (Å²) in [4.78, 5) is 0. The van der Waals surface area contributed by atoms with Crippen molar-refractivity contribution in [3.63, 3.8) is 0 Å². The SMILES string of the molecule is Cc1c(O)c(=S)ccn1Cc1ccc(-c2ccc(Cl)cc2)cc1. The zero-order valence-electron chi connectivity index (χ0n) is 12.7. The molecule has 4 heteroatoms. The molecule has 0 radical (unpaired) electrons. The van der Waals surface area contributed by atoms with Gasteiger partial charge in [0.2, 0.25) is 0 Å². The highest BCUT2D eigenvalue weighted by Gasteiger charge is 2.04. The predicted octanol–water partition coefficient (Wildman–Crippen LogP) is 5.60. The van der Waals surface area contributed by atoms with Crippen LogP contribution < -0.4 is 0 Å². The van der Waals surface area contributed by atoms with Gasteiger partial charge in [-0.05, 0) is 41.8 Å². The van der Waals surface area contributed by atoms with Crippen LogP contribution in [0.2, 0.25) is 5.02 Å². The molecule has 116 valence electrons. The minimum absolute atomic E-state index is 0.181. The van der Waals surface area contributed by atoms with E-state index in [4.69, 9.17) is 23.8 Å². The molecule has 0 amide bonds. The summed E-state index contributed by atoms with van der Waals surface area (Å²) in [5.74, 6) is 0.181. The number of rotatable bonds is 3. The Hall–Kier alpha value is -2.10. The number of hydrogen-bond donors (Lipinski definition) is 1. The molecule has 1 aromatic heterocycles. The van der Waals surface area contributed by atoms with Crippen LogP contribution in [0.25, 0.3) is 11.1 Å². The van der Waals surface area contributed by atoms with Gasteiger partial charge in [-0.15, -0.1) is 0 Å². The van der Waals surface area contributed by atoms with E-state index in [1.165, 1.54) is 0 Å².